The normalized spacial score (nSPS) is 20.1. The van der Waals surface area contributed by atoms with Crippen LogP contribution in [0.4, 0.5) is 4.39 Å². The molecular formula is C62H82FN9O7. The minimum atomic E-state index is -0.984. The third-order valence-corrected chi connectivity index (χ3v) is 16.0. The minimum Gasteiger partial charge on any atom is -0.347 e. The predicted octanol–water partition coefficient (Wildman–Crippen LogP) is 5.91. The summed E-state index contributed by atoms with van der Waals surface area (Å²) in [6.45, 7) is 16.6. The van der Waals surface area contributed by atoms with Crippen molar-refractivity contribution in [2.24, 2.45) is 10.8 Å². The predicted molar refractivity (Wildman–Crippen MR) is 302 cm³/mol. The molecule has 0 radical (unpaired) electrons. The van der Waals surface area contributed by atoms with Crippen LogP contribution in [0.15, 0.2) is 97.1 Å². The average Bonchev–Trinajstić information content (AvgIpc) is 3.91. The first-order chi connectivity index (χ1) is 37.4. The molecule has 1 saturated heterocycles. The lowest BCUT2D eigenvalue weighted by atomic mass is 9.84. The van der Waals surface area contributed by atoms with Gasteiger partial charge >= 0.3 is 0 Å². The molecule has 4 aromatic carbocycles. The van der Waals surface area contributed by atoms with Gasteiger partial charge in [0, 0.05) is 43.7 Å². The molecule has 3 aliphatic rings. The van der Waals surface area contributed by atoms with Crippen LogP contribution >= 0.6 is 0 Å². The van der Waals surface area contributed by atoms with E-state index in [2.05, 4.69) is 38.0 Å². The van der Waals surface area contributed by atoms with Crippen LogP contribution in [0.5, 0.6) is 0 Å². The zero-order valence-corrected chi connectivity index (χ0v) is 47.9. The Morgan fingerprint density at radius 2 is 1.23 bits per heavy atom. The van der Waals surface area contributed by atoms with Gasteiger partial charge in [0.15, 0.2) is 0 Å². The number of carbonyl (C=O) groups is 7. The smallest absolute Gasteiger partial charge is 0.251 e. The summed E-state index contributed by atoms with van der Waals surface area (Å²) in [6, 6.07) is 22.5. The van der Waals surface area contributed by atoms with Gasteiger partial charge in [-0.15, -0.1) is 0 Å². The first-order valence-corrected chi connectivity index (χ1v) is 27.8. The lowest BCUT2D eigenvalue weighted by Gasteiger charge is -2.43. The van der Waals surface area contributed by atoms with Crippen LogP contribution in [0.25, 0.3) is 0 Å². The summed E-state index contributed by atoms with van der Waals surface area (Å²) in [4.78, 5) is 105. The molecule has 4 aromatic rings. The second kappa shape index (κ2) is 25.4. The Kier molecular flexibility index (Phi) is 19.2. The maximum atomic E-state index is 15.5. The molecule has 0 spiro atoms. The fourth-order valence-corrected chi connectivity index (χ4v) is 11.0. The van der Waals surface area contributed by atoms with Gasteiger partial charge in [-0.1, -0.05) is 120 Å². The number of likely N-dealkylation sites (tertiary alicyclic amines) is 1. The Balaban J connectivity index is 1.15. The molecule has 16 nitrogen and oxygen atoms in total. The molecule has 0 saturated carbocycles. The van der Waals surface area contributed by atoms with Crippen molar-refractivity contribution >= 4 is 41.4 Å². The molecule has 79 heavy (non-hydrogen) atoms. The van der Waals surface area contributed by atoms with Crippen molar-refractivity contribution in [2.75, 3.05) is 20.6 Å². The molecule has 4 unspecified atom stereocenters. The Hall–Kier alpha value is -6.98. The summed E-state index contributed by atoms with van der Waals surface area (Å²) >= 11 is 0. The summed E-state index contributed by atoms with van der Waals surface area (Å²) < 4.78 is 15.3. The van der Waals surface area contributed by atoms with E-state index in [1.165, 1.54) is 16.5 Å². The molecule has 1 aliphatic carbocycles. The number of likely N-dealkylation sites (N-methyl/N-ethyl adjacent to an activating group) is 2. The number of hydrogen-bond acceptors (Lipinski definition) is 9. The van der Waals surface area contributed by atoms with E-state index in [4.69, 9.17) is 0 Å². The Morgan fingerprint density at radius 3 is 1.82 bits per heavy atom. The molecule has 9 atom stereocenters. The van der Waals surface area contributed by atoms with Crippen molar-refractivity contribution in [1.82, 2.24) is 46.6 Å². The number of carbonyl (C=O) groups excluding carboxylic acids is 7. The standard InChI is InChI=1S/C62H82FN9O7/c1-37(31-44-21-15-17-25-48(44)63)70(58(77)51-32-43-20-12-13-22-45(43)35-71(51)59(78)52(61(4,5)6)68-54(73)38(2)64-10)34-40-27-29-42(30-28-40)56(75)66-46-33-50(57(76)67-49-26-18-23-41-19-14-16-24-47(41)49)72(36-46)60(79)53(62(7,8)9)69-55(74)39(3)65-11/h12-17,19-22,24-25,27-30,37-39,46,49-53,64-65H,18,23,26,31-36H2,1-11H3,(H,66,75)(H,67,76)(H,68,73)(H,69,74)/t37?,38-,39-,46-,49?,50?,51?,52+,53+/m0/s1. The number of halogens is 1. The van der Waals surface area contributed by atoms with Crippen LogP contribution in [0.1, 0.15) is 131 Å². The van der Waals surface area contributed by atoms with Gasteiger partial charge in [-0.3, -0.25) is 33.6 Å². The van der Waals surface area contributed by atoms with Crippen LogP contribution in [0.3, 0.4) is 0 Å². The summed E-state index contributed by atoms with van der Waals surface area (Å²) in [7, 11) is 3.32. The van der Waals surface area contributed by atoms with Gasteiger partial charge < -0.3 is 46.6 Å². The van der Waals surface area contributed by atoms with E-state index in [1.54, 1.807) is 80.2 Å². The molecule has 7 amide bonds. The van der Waals surface area contributed by atoms with Crippen LogP contribution in [-0.2, 0) is 61.1 Å². The van der Waals surface area contributed by atoms with Crippen molar-refractivity contribution in [2.45, 2.75) is 168 Å². The van der Waals surface area contributed by atoms with E-state index >= 15 is 9.18 Å². The fourth-order valence-electron chi connectivity index (χ4n) is 11.0. The van der Waals surface area contributed by atoms with Gasteiger partial charge in [0.05, 0.1) is 18.1 Å². The van der Waals surface area contributed by atoms with Crippen molar-refractivity contribution in [3.05, 3.63) is 142 Å². The zero-order valence-electron chi connectivity index (χ0n) is 47.9. The maximum Gasteiger partial charge on any atom is 0.251 e. The van der Waals surface area contributed by atoms with Gasteiger partial charge in [-0.05, 0) is 129 Å². The highest BCUT2D eigenvalue weighted by Crippen LogP contribution is 2.33. The number of benzene rings is 4. The van der Waals surface area contributed by atoms with E-state index in [0.717, 1.165) is 36.0 Å². The third-order valence-electron chi connectivity index (χ3n) is 16.0. The van der Waals surface area contributed by atoms with E-state index in [1.807, 2.05) is 90.9 Å². The first-order valence-electron chi connectivity index (χ1n) is 27.8. The lowest BCUT2D eigenvalue weighted by molar-refractivity contribution is -0.152. The number of rotatable bonds is 18. The Bertz CT molecular complexity index is 2860. The van der Waals surface area contributed by atoms with Crippen LogP contribution < -0.4 is 31.9 Å². The molecule has 2 aliphatic heterocycles. The third kappa shape index (κ3) is 14.3. The van der Waals surface area contributed by atoms with Gasteiger partial charge in [-0.2, -0.15) is 0 Å². The number of nitrogens with one attached hydrogen (secondary N) is 6. The monoisotopic (exact) mass is 1080 g/mol. The van der Waals surface area contributed by atoms with Crippen molar-refractivity contribution in [1.29, 1.82) is 0 Å². The van der Waals surface area contributed by atoms with Crippen molar-refractivity contribution < 1.29 is 38.0 Å². The lowest BCUT2D eigenvalue weighted by Crippen LogP contribution is -2.62. The van der Waals surface area contributed by atoms with Gasteiger partial charge in [0.1, 0.15) is 30.0 Å². The minimum absolute atomic E-state index is 0.0199. The highest BCUT2D eigenvalue weighted by molar-refractivity contribution is 5.97. The van der Waals surface area contributed by atoms with E-state index in [9.17, 15) is 28.8 Å². The highest BCUT2D eigenvalue weighted by Gasteiger charge is 2.47. The zero-order chi connectivity index (χ0) is 57.5. The molecule has 0 aromatic heterocycles. The van der Waals surface area contributed by atoms with Gasteiger partial charge in [-0.25, -0.2) is 4.39 Å². The van der Waals surface area contributed by atoms with Crippen molar-refractivity contribution in [3.63, 3.8) is 0 Å². The maximum absolute atomic E-state index is 15.5. The number of aryl methyl sites for hydroxylation is 1. The summed E-state index contributed by atoms with van der Waals surface area (Å²) in [6.07, 6.45) is 3.05. The fraction of sp³-hybridized carbons (Fsp3) is 0.500. The summed E-state index contributed by atoms with van der Waals surface area (Å²) in [5, 5.41) is 18.1. The summed E-state index contributed by atoms with van der Waals surface area (Å²) in [5.74, 6) is -3.08. The van der Waals surface area contributed by atoms with E-state index in [0.29, 0.717) is 16.7 Å². The molecule has 17 heteroatoms. The number of fused-ring (bicyclic) bond motifs is 2. The highest BCUT2D eigenvalue weighted by atomic mass is 19.1. The van der Waals surface area contributed by atoms with Gasteiger partial charge in [0.25, 0.3) is 5.91 Å². The number of hydrogen-bond donors (Lipinski definition) is 6. The Morgan fingerprint density at radius 1 is 0.671 bits per heavy atom. The second-order valence-electron chi connectivity index (χ2n) is 24.0. The quantitative estimate of drug-likeness (QED) is 0.0701. The van der Waals surface area contributed by atoms with Crippen LogP contribution in [0, 0.1) is 16.6 Å². The van der Waals surface area contributed by atoms with E-state index < -0.39 is 82.7 Å². The van der Waals surface area contributed by atoms with E-state index in [-0.39, 0.29) is 68.6 Å². The molecule has 2 heterocycles. The first kappa shape index (κ1) is 59.7. The summed E-state index contributed by atoms with van der Waals surface area (Å²) in [5.41, 5.74) is 3.94. The largest absolute Gasteiger partial charge is 0.347 e. The number of nitrogens with zero attached hydrogens (tertiary/aromatic N) is 3. The molecule has 6 N–H and O–H groups in total. The second-order valence-corrected chi connectivity index (χ2v) is 24.0. The average molecular weight is 1080 g/mol. The van der Waals surface area contributed by atoms with Gasteiger partial charge in [0.2, 0.25) is 35.4 Å². The molecule has 1 fully saturated rings. The van der Waals surface area contributed by atoms with Crippen LogP contribution in [0.2, 0.25) is 0 Å². The van der Waals surface area contributed by atoms with Crippen LogP contribution in [-0.4, -0.2) is 125 Å². The number of amides is 7. The van der Waals surface area contributed by atoms with Crippen molar-refractivity contribution in [3.8, 4) is 0 Å². The molecule has 424 valence electrons. The molecular weight excluding hydrogens is 1000 g/mol. The topological polar surface area (TPSA) is 201 Å². The molecule has 7 rings (SSSR count). The Labute approximate surface area is 465 Å². The SMILES string of the molecule is CN[C@@H](C)C(=O)N[C@H](C(=O)N1C[C@@H](NC(=O)c2ccc(CN(C(=O)C3Cc4ccccc4CN3C(=O)[C@@H](NC(=O)[C@H](C)NC)C(C)(C)C)C(C)Cc3ccccc3F)cc2)CC1C(=O)NC1CCCc2ccccc21)C(C)(C)C. The molecule has 0 bridgehead atoms.